The minimum absolute atomic E-state index is 0.0447. The van der Waals surface area contributed by atoms with Gasteiger partial charge in [0, 0.05) is 25.7 Å². The molecule has 1 aromatic carbocycles. The van der Waals surface area contributed by atoms with Crippen molar-refractivity contribution in [2.24, 2.45) is 0 Å². The van der Waals surface area contributed by atoms with Gasteiger partial charge in [0.05, 0.1) is 0 Å². The number of H-pyrrole nitrogens is 1. The highest BCUT2D eigenvalue weighted by molar-refractivity contribution is 5.95. The van der Waals surface area contributed by atoms with Gasteiger partial charge in [-0.05, 0) is 23.8 Å². The van der Waals surface area contributed by atoms with Gasteiger partial charge in [-0.25, -0.2) is 4.39 Å². The molecular formula is C17H16FN3O3. The van der Waals surface area contributed by atoms with Gasteiger partial charge >= 0.3 is 0 Å². The highest BCUT2D eigenvalue weighted by Gasteiger charge is 2.28. The largest absolute Gasteiger partial charge is 0.335 e. The second-order valence-electron chi connectivity index (χ2n) is 5.60. The molecule has 24 heavy (non-hydrogen) atoms. The van der Waals surface area contributed by atoms with Crippen molar-refractivity contribution in [3.05, 3.63) is 69.9 Å². The molecule has 2 heterocycles. The van der Waals surface area contributed by atoms with Crippen molar-refractivity contribution >= 4 is 11.8 Å². The van der Waals surface area contributed by atoms with E-state index in [4.69, 9.17) is 0 Å². The van der Waals surface area contributed by atoms with E-state index in [1.54, 1.807) is 17.0 Å². The van der Waals surface area contributed by atoms with Crippen molar-refractivity contribution in [3.63, 3.8) is 0 Å². The summed E-state index contributed by atoms with van der Waals surface area (Å²) in [6.45, 7) is 1.10. The second kappa shape index (κ2) is 6.66. The number of benzene rings is 1. The summed E-state index contributed by atoms with van der Waals surface area (Å²) in [7, 11) is 0. The number of hydrogen-bond acceptors (Lipinski definition) is 3. The van der Waals surface area contributed by atoms with Gasteiger partial charge in [0.2, 0.25) is 11.5 Å². The van der Waals surface area contributed by atoms with E-state index in [0.717, 1.165) is 5.56 Å². The normalized spacial score (nSPS) is 14.8. The van der Waals surface area contributed by atoms with Crippen LogP contribution in [0.5, 0.6) is 0 Å². The first-order valence-corrected chi connectivity index (χ1v) is 7.54. The Hall–Kier alpha value is -2.96. The van der Waals surface area contributed by atoms with Crippen molar-refractivity contribution in [1.82, 2.24) is 14.8 Å². The Morgan fingerprint density at radius 2 is 1.83 bits per heavy atom. The lowest BCUT2D eigenvalue weighted by Crippen LogP contribution is -2.52. The fraction of sp³-hybridized carbons (Fsp3) is 0.235. The maximum atomic E-state index is 12.9. The van der Waals surface area contributed by atoms with Crippen LogP contribution in [0.4, 0.5) is 4.39 Å². The lowest BCUT2D eigenvalue weighted by atomic mass is 10.2. The zero-order valence-electron chi connectivity index (χ0n) is 12.9. The first-order valence-electron chi connectivity index (χ1n) is 7.54. The van der Waals surface area contributed by atoms with E-state index >= 15 is 0 Å². The van der Waals surface area contributed by atoms with Crippen LogP contribution in [0.25, 0.3) is 0 Å². The van der Waals surface area contributed by atoms with Gasteiger partial charge in [0.25, 0.3) is 5.91 Å². The summed E-state index contributed by atoms with van der Waals surface area (Å²) < 4.78 is 12.9. The highest BCUT2D eigenvalue weighted by Crippen LogP contribution is 2.12. The van der Waals surface area contributed by atoms with Crippen LogP contribution in [0.15, 0.2) is 47.3 Å². The third-order valence-corrected chi connectivity index (χ3v) is 3.89. The molecule has 1 aliphatic rings. The number of halogens is 1. The summed E-state index contributed by atoms with van der Waals surface area (Å²) in [5.74, 6) is -0.878. The average molecular weight is 329 g/mol. The molecule has 124 valence electrons. The number of hydrogen-bond donors (Lipinski definition) is 1. The van der Waals surface area contributed by atoms with E-state index in [0.29, 0.717) is 19.6 Å². The van der Waals surface area contributed by atoms with Crippen molar-refractivity contribution < 1.29 is 14.0 Å². The Morgan fingerprint density at radius 1 is 1.08 bits per heavy atom. The molecule has 2 aromatic rings. The summed E-state index contributed by atoms with van der Waals surface area (Å²) >= 11 is 0. The Kier molecular flexibility index (Phi) is 4.41. The van der Waals surface area contributed by atoms with Gasteiger partial charge in [-0.3, -0.25) is 14.4 Å². The van der Waals surface area contributed by atoms with E-state index in [2.05, 4.69) is 4.98 Å². The van der Waals surface area contributed by atoms with Crippen LogP contribution < -0.4 is 5.56 Å². The maximum Gasteiger partial charge on any atom is 0.270 e. The van der Waals surface area contributed by atoms with E-state index in [-0.39, 0.29) is 35.4 Å². The SMILES string of the molecule is O=C1CN(C(=O)c2cccc(=O)[nH]2)CCN1Cc1ccc(F)cc1. The number of rotatable bonds is 3. The number of aromatic nitrogens is 1. The van der Waals surface area contributed by atoms with Gasteiger partial charge in [-0.1, -0.05) is 18.2 Å². The third kappa shape index (κ3) is 3.51. The summed E-state index contributed by atoms with van der Waals surface area (Å²) in [6, 6.07) is 10.3. The van der Waals surface area contributed by atoms with E-state index in [1.165, 1.54) is 35.2 Å². The van der Waals surface area contributed by atoms with Crippen LogP contribution in [-0.2, 0) is 11.3 Å². The van der Waals surface area contributed by atoms with Crippen LogP contribution in [-0.4, -0.2) is 46.2 Å². The molecule has 3 rings (SSSR count). The van der Waals surface area contributed by atoms with Crippen LogP contribution in [0.2, 0.25) is 0 Å². The Morgan fingerprint density at radius 3 is 2.50 bits per heavy atom. The number of aromatic amines is 1. The molecule has 0 spiro atoms. The highest BCUT2D eigenvalue weighted by atomic mass is 19.1. The molecule has 1 aliphatic heterocycles. The second-order valence-corrected chi connectivity index (χ2v) is 5.60. The predicted octanol–water partition coefficient (Wildman–Crippen LogP) is 0.999. The summed E-state index contributed by atoms with van der Waals surface area (Å²) in [4.78, 5) is 41.4. The maximum absolute atomic E-state index is 12.9. The Balaban J connectivity index is 1.64. The topological polar surface area (TPSA) is 73.5 Å². The molecule has 0 radical (unpaired) electrons. The van der Waals surface area contributed by atoms with Gasteiger partial charge in [-0.2, -0.15) is 0 Å². The average Bonchev–Trinajstić information content (AvgIpc) is 2.58. The van der Waals surface area contributed by atoms with Gasteiger partial charge in [-0.15, -0.1) is 0 Å². The number of nitrogens with zero attached hydrogens (tertiary/aromatic N) is 2. The Labute approximate surface area is 137 Å². The number of carbonyl (C=O) groups excluding carboxylic acids is 2. The van der Waals surface area contributed by atoms with E-state index in [9.17, 15) is 18.8 Å². The number of nitrogens with one attached hydrogen (secondary N) is 1. The van der Waals surface area contributed by atoms with Gasteiger partial charge in [0.1, 0.15) is 18.1 Å². The summed E-state index contributed by atoms with van der Waals surface area (Å²) in [5, 5.41) is 0. The minimum Gasteiger partial charge on any atom is -0.335 e. The molecule has 0 aliphatic carbocycles. The van der Waals surface area contributed by atoms with Crippen molar-refractivity contribution in [3.8, 4) is 0 Å². The lowest BCUT2D eigenvalue weighted by molar-refractivity contribution is -0.135. The molecule has 1 fully saturated rings. The number of pyridine rings is 1. The molecule has 0 bridgehead atoms. The summed E-state index contributed by atoms with van der Waals surface area (Å²) in [6.07, 6.45) is 0. The zero-order chi connectivity index (χ0) is 17.1. The van der Waals surface area contributed by atoms with Crippen LogP contribution in [0.3, 0.4) is 0 Å². The van der Waals surface area contributed by atoms with E-state index < -0.39 is 0 Å². The molecule has 1 N–H and O–H groups in total. The fourth-order valence-electron chi connectivity index (χ4n) is 2.60. The molecule has 0 saturated carbocycles. The van der Waals surface area contributed by atoms with E-state index in [1.807, 2.05) is 0 Å². The molecule has 7 heteroatoms. The van der Waals surface area contributed by atoms with Crippen molar-refractivity contribution in [2.75, 3.05) is 19.6 Å². The first-order chi connectivity index (χ1) is 11.5. The van der Waals surface area contributed by atoms with Gasteiger partial charge in [0.15, 0.2) is 0 Å². The molecular weight excluding hydrogens is 313 g/mol. The molecule has 0 atom stereocenters. The molecule has 2 amide bonds. The number of piperazine rings is 1. The molecule has 6 nitrogen and oxygen atoms in total. The summed E-state index contributed by atoms with van der Waals surface area (Å²) in [5.41, 5.74) is 0.640. The molecule has 1 aromatic heterocycles. The minimum atomic E-state index is -0.373. The zero-order valence-corrected chi connectivity index (χ0v) is 12.9. The van der Waals surface area contributed by atoms with Crippen molar-refractivity contribution in [1.29, 1.82) is 0 Å². The smallest absolute Gasteiger partial charge is 0.270 e. The fourth-order valence-corrected chi connectivity index (χ4v) is 2.60. The first kappa shape index (κ1) is 15.9. The number of carbonyl (C=O) groups is 2. The molecule has 1 saturated heterocycles. The van der Waals surface area contributed by atoms with Crippen LogP contribution >= 0.6 is 0 Å². The monoisotopic (exact) mass is 329 g/mol. The number of amides is 2. The van der Waals surface area contributed by atoms with Crippen molar-refractivity contribution in [2.45, 2.75) is 6.54 Å². The predicted molar refractivity (Wildman–Crippen MR) is 84.8 cm³/mol. The standard InChI is InChI=1S/C17H16FN3O3/c18-13-6-4-12(5-7-13)10-20-8-9-21(11-16(20)23)17(24)14-2-1-3-15(22)19-14/h1-7H,8-11H2,(H,19,22). The van der Waals surface area contributed by atoms with Gasteiger partial charge < -0.3 is 14.8 Å². The third-order valence-electron chi connectivity index (χ3n) is 3.89. The van der Waals surface area contributed by atoms with Crippen LogP contribution in [0, 0.1) is 5.82 Å². The Bertz CT molecular complexity index is 816. The quantitative estimate of drug-likeness (QED) is 0.913. The lowest BCUT2D eigenvalue weighted by Gasteiger charge is -2.34. The molecule has 0 unspecified atom stereocenters. The van der Waals surface area contributed by atoms with Crippen LogP contribution in [0.1, 0.15) is 16.1 Å².